The maximum atomic E-state index is 13.2. The lowest BCUT2D eigenvalue weighted by Gasteiger charge is -2.22. The van der Waals surface area contributed by atoms with Crippen LogP contribution in [-0.4, -0.2) is 30.5 Å². The molecule has 5 nitrogen and oxygen atoms in total. The monoisotopic (exact) mass is 437 g/mol. The fraction of sp³-hybridized carbons (Fsp3) is 0.179. The van der Waals surface area contributed by atoms with E-state index < -0.39 is 0 Å². The lowest BCUT2D eigenvalue weighted by Crippen LogP contribution is -2.27. The zero-order chi connectivity index (χ0) is 23.4. The molecule has 1 aliphatic rings. The van der Waals surface area contributed by atoms with Gasteiger partial charge in [0.15, 0.2) is 5.78 Å². The van der Waals surface area contributed by atoms with Crippen molar-refractivity contribution in [3.8, 4) is 0 Å². The van der Waals surface area contributed by atoms with Gasteiger partial charge >= 0.3 is 0 Å². The van der Waals surface area contributed by atoms with Crippen molar-refractivity contribution in [2.75, 3.05) is 23.3 Å². The Bertz CT molecular complexity index is 1260. The second kappa shape index (κ2) is 9.65. The molecular formula is C28H27N3O2. The van der Waals surface area contributed by atoms with Crippen molar-refractivity contribution in [2.24, 2.45) is 4.99 Å². The van der Waals surface area contributed by atoms with Gasteiger partial charge in [0, 0.05) is 41.7 Å². The van der Waals surface area contributed by atoms with Gasteiger partial charge in [-0.2, -0.15) is 0 Å². The molecule has 0 atom stereocenters. The van der Waals surface area contributed by atoms with Gasteiger partial charge in [0.05, 0.1) is 17.0 Å². The molecule has 166 valence electrons. The highest BCUT2D eigenvalue weighted by Gasteiger charge is 2.28. The molecule has 0 bridgehead atoms. The second-order valence-corrected chi connectivity index (χ2v) is 7.89. The number of anilines is 2. The summed E-state index contributed by atoms with van der Waals surface area (Å²) in [6.07, 6.45) is 1.39. The number of benzene rings is 3. The van der Waals surface area contributed by atoms with Crippen LogP contribution in [0.4, 0.5) is 17.1 Å². The maximum Gasteiger partial charge on any atom is 0.258 e. The summed E-state index contributed by atoms with van der Waals surface area (Å²) in [4.78, 5) is 33.2. The van der Waals surface area contributed by atoms with E-state index in [1.165, 1.54) is 6.08 Å². The number of carbonyl (C=O) groups is 2. The molecule has 33 heavy (non-hydrogen) atoms. The molecule has 0 spiro atoms. The number of fused-ring (bicyclic) bond motifs is 1. The van der Waals surface area contributed by atoms with E-state index in [1.807, 2.05) is 67.6 Å². The highest BCUT2D eigenvalue weighted by molar-refractivity contribution is 6.38. The molecule has 0 unspecified atom stereocenters. The Balaban J connectivity index is 1.78. The first-order valence-corrected chi connectivity index (χ1v) is 11.2. The molecule has 0 heterocycles. The quantitative estimate of drug-likeness (QED) is 0.536. The first-order chi connectivity index (χ1) is 16.0. The highest BCUT2D eigenvalue weighted by atomic mass is 16.2. The van der Waals surface area contributed by atoms with Gasteiger partial charge < -0.3 is 10.2 Å². The van der Waals surface area contributed by atoms with Gasteiger partial charge in [-0.3, -0.25) is 9.59 Å². The number of allylic oxidation sites excluding steroid dienone is 1. The molecule has 0 saturated carbocycles. The molecule has 3 aromatic carbocycles. The highest BCUT2D eigenvalue weighted by Crippen LogP contribution is 2.30. The van der Waals surface area contributed by atoms with E-state index >= 15 is 0 Å². The first-order valence-electron chi connectivity index (χ1n) is 11.2. The molecule has 0 fully saturated rings. The van der Waals surface area contributed by atoms with Crippen LogP contribution in [0.3, 0.4) is 0 Å². The van der Waals surface area contributed by atoms with E-state index in [-0.39, 0.29) is 17.3 Å². The van der Waals surface area contributed by atoms with E-state index in [1.54, 1.807) is 6.07 Å². The number of amides is 1. The van der Waals surface area contributed by atoms with Crippen molar-refractivity contribution in [2.45, 2.75) is 20.8 Å². The van der Waals surface area contributed by atoms with Gasteiger partial charge in [-0.05, 0) is 56.7 Å². The zero-order valence-corrected chi connectivity index (χ0v) is 19.1. The number of aryl methyl sites for hydroxylation is 1. The molecule has 0 aromatic heterocycles. The third-order valence-electron chi connectivity index (χ3n) is 5.80. The molecule has 0 saturated heterocycles. The number of hydrogen-bond acceptors (Lipinski definition) is 4. The molecule has 1 amide bonds. The molecular weight excluding hydrogens is 410 g/mol. The first kappa shape index (κ1) is 22.2. The smallest absolute Gasteiger partial charge is 0.258 e. The topological polar surface area (TPSA) is 61.8 Å². The number of nitrogens with one attached hydrogen (secondary N) is 1. The van der Waals surface area contributed by atoms with Crippen molar-refractivity contribution in [1.29, 1.82) is 0 Å². The molecule has 0 radical (unpaired) electrons. The second-order valence-electron chi connectivity index (χ2n) is 7.89. The maximum absolute atomic E-state index is 13.2. The molecule has 3 aromatic rings. The molecule has 0 aliphatic heterocycles. The minimum atomic E-state index is -0.361. The third-order valence-corrected chi connectivity index (χ3v) is 5.80. The standard InChI is InChI=1S/C28H27N3O2/c1-4-31(5-2)21-15-16-25(19(3)17-21)30-27-23-14-10-9-13-22(23)26(32)18-24(27)28(33)29-20-11-7-6-8-12-20/h6-18H,4-5H2,1-3H3,(H,29,33). The van der Waals surface area contributed by atoms with Gasteiger partial charge in [0.25, 0.3) is 5.91 Å². The fourth-order valence-electron chi connectivity index (χ4n) is 4.01. The molecule has 5 heteroatoms. The Morgan fingerprint density at radius 3 is 2.24 bits per heavy atom. The zero-order valence-electron chi connectivity index (χ0n) is 19.1. The summed E-state index contributed by atoms with van der Waals surface area (Å²) in [5.74, 6) is -0.559. The minimum absolute atomic E-state index is 0.198. The van der Waals surface area contributed by atoms with Crippen LogP contribution in [0.5, 0.6) is 0 Å². The third kappa shape index (κ3) is 4.62. The van der Waals surface area contributed by atoms with E-state index in [9.17, 15) is 9.59 Å². The Morgan fingerprint density at radius 2 is 1.58 bits per heavy atom. The number of carbonyl (C=O) groups excluding carboxylic acids is 2. The van der Waals surface area contributed by atoms with Crippen molar-refractivity contribution in [3.63, 3.8) is 0 Å². The molecule has 1 aliphatic carbocycles. The Labute approximate surface area is 194 Å². The van der Waals surface area contributed by atoms with Crippen LogP contribution in [0, 0.1) is 6.92 Å². The van der Waals surface area contributed by atoms with Gasteiger partial charge in [0.1, 0.15) is 0 Å². The summed E-state index contributed by atoms with van der Waals surface area (Å²) in [7, 11) is 0. The van der Waals surface area contributed by atoms with Crippen LogP contribution in [0.1, 0.15) is 35.3 Å². The van der Waals surface area contributed by atoms with Crippen LogP contribution in [0.15, 0.2) is 89.4 Å². The Kier molecular flexibility index (Phi) is 6.50. The number of hydrogen-bond donors (Lipinski definition) is 1. The lowest BCUT2D eigenvalue weighted by molar-refractivity contribution is -0.112. The largest absolute Gasteiger partial charge is 0.372 e. The SMILES string of the molecule is CCN(CC)c1ccc(N=C2C(C(=O)Nc3ccccc3)=CC(=O)c3ccccc32)c(C)c1. The molecule has 1 N–H and O–H groups in total. The van der Waals surface area contributed by atoms with Gasteiger partial charge in [0.2, 0.25) is 0 Å². The summed E-state index contributed by atoms with van der Waals surface area (Å²) in [5.41, 5.74) is 5.53. The Morgan fingerprint density at radius 1 is 0.909 bits per heavy atom. The van der Waals surface area contributed by atoms with E-state index in [0.29, 0.717) is 22.5 Å². The van der Waals surface area contributed by atoms with Crippen molar-refractivity contribution < 1.29 is 9.59 Å². The van der Waals surface area contributed by atoms with Gasteiger partial charge in [-0.15, -0.1) is 0 Å². The van der Waals surface area contributed by atoms with Crippen LogP contribution >= 0.6 is 0 Å². The Hall–Kier alpha value is -3.99. The fourth-order valence-corrected chi connectivity index (χ4v) is 4.01. The van der Waals surface area contributed by atoms with E-state index in [0.717, 1.165) is 30.0 Å². The van der Waals surface area contributed by atoms with Gasteiger partial charge in [-0.1, -0.05) is 42.5 Å². The summed E-state index contributed by atoms with van der Waals surface area (Å²) in [6, 6.07) is 22.6. The average molecular weight is 438 g/mol. The van der Waals surface area contributed by atoms with Crippen LogP contribution in [-0.2, 0) is 4.79 Å². The van der Waals surface area contributed by atoms with Gasteiger partial charge in [-0.25, -0.2) is 4.99 Å². The lowest BCUT2D eigenvalue weighted by atomic mass is 9.88. The average Bonchev–Trinajstić information content (AvgIpc) is 2.83. The minimum Gasteiger partial charge on any atom is -0.372 e. The summed E-state index contributed by atoms with van der Waals surface area (Å²) >= 11 is 0. The van der Waals surface area contributed by atoms with Crippen LogP contribution in [0.25, 0.3) is 0 Å². The van der Waals surface area contributed by atoms with Crippen molar-refractivity contribution >= 4 is 34.5 Å². The molecule has 4 rings (SSSR count). The number of rotatable bonds is 6. The van der Waals surface area contributed by atoms with E-state index in [4.69, 9.17) is 4.99 Å². The summed E-state index contributed by atoms with van der Waals surface area (Å²) < 4.78 is 0. The van der Waals surface area contributed by atoms with E-state index in [2.05, 4.69) is 30.1 Å². The number of para-hydroxylation sites is 1. The summed E-state index contributed by atoms with van der Waals surface area (Å²) in [6.45, 7) is 8.12. The number of aliphatic imine (C=N–C) groups is 1. The predicted octanol–water partition coefficient (Wildman–Crippen LogP) is 5.72. The van der Waals surface area contributed by atoms with Crippen LogP contribution < -0.4 is 10.2 Å². The normalized spacial score (nSPS) is 14.0. The summed E-state index contributed by atoms with van der Waals surface area (Å²) in [5, 5.41) is 2.89. The van der Waals surface area contributed by atoms with Crippen molar-refractivity contribution in [1.82, 2.24) is 0 Å². The van der Waals surface area contributed by atoms with Crippen molar-refractivity contribution in [3.05, 3.63) is 101 Å². The predicted molar refractivity (Wildman–Crippen MR) is 135 cm³/mol. The number of nitrogens with zero attached hydrogens (tertiary/aromatic N) is 2. The van der Waals surface area contributed by atoms with Crippen LogP contribution in [0.2, 0.25) is 0 Å². The number of ketones is 1.